The smallest absolute Gasteiger partial charge is 0.0543 e. The average molecular weight is 413 g/mol. The zero-order valence-corrected chi connectivity index (χ0v) is 18.8. The van der Waals surface area contributed by atoms with Crippen LogP contribution in [0.4, 0.5) is 0 Å². The van der Waals surface area contributed by atoms with E-state index in [-0.39, 0.29) is 23.5 Å². The molecule has 3 N–H and O–H groups in total. The highest BCUT2D eigenvalue weighted by molar-refractivity contribution is 5.20. The van der Waals surface area contributed by atoms with E-state index in [9.17, 15) is 10.2 Å². The fraction of sp³-hybridized carbons (Fsp3) is 0.731. The maximum atomic E-state index is 10.5. The summed E-state index contributed by atoms with van der Waals surface area (Å²) >= 11 is 0. The molecule has 1 aromatic heterocycles. The molecule has 3 fully saturated rings. The third-order valence-electron chi connectivity index (χ3n) is 9.40. The van der Waals surface area contributed by atoms with Crippen LogP contribution in [0.5, 0.6) is 0 Å². The van der Waals surface area contributed by atoms with Crippen molar-refractivity contribution in [2.24, 2.45) is 34.5 Å². The second-order valence-corrected chi connectivity index (χ2v) is 10.8. The summed E-state index contributed by atoms with van der Waals surface area (Å²) in [5.74, 6) is 1.85. The highest BCUT2D eigenvalue weighted by atomic mass is 16.3. The number of allylic oxidation sites excluding steroid dienone is 1. The Balaban J connectivity index is 1.51. The second kappa shape index (κ2) is 8.72. The van der Waals surface area contributed by atoms with E-state index < -0.39 is 0 Å². The maximum absolute atomic E-state index is 10.5. The molecule has 0 aliphatic heterocycles. The largest absolute Gasteiger partial charge is 0.396 e. The molecule has 0 radical (unpaired) electrons. The first-order valence-electron chi connectivity index (χ1n) is 12.0. The number of pyridine rings is 1. The van der Waals surface area contributed by atoms with Gasteiger partial charge in [0.25, 0.3) is 0 Å². The van der Waals surface area contributed by atoms with E-state index in [1.807, 2.05) is 18.5 Å². The number of nitrogens with one attached hydrogen (secondary N) is 1. The van der Waals surface area contributed by atoms with Crippen LogP contribution in [0, 0.1) is 34.5 Å². The average Bonchev–Trinajstić information content (AvgIpc) is 3.05. The van der Waals surface area contributed by atoms with Gasteiger partial charge in [-0.3, -0.25) is 4.98 Å². The number of aliphatic hydroxyl groups excluding tert-OH is 2. The highest BCUT2D eigenvalue weighted by Gasteiger charge is 2.56. The molecule has 0 aromatic carbocycles. The van der Waals surface area contributed by atoms with E-state index in [1.165, 1.54) is 30.4 Å². The zero-order valence-electron chi connectivity index (χ0n) is 18.8. The third kappa shape index (κ3) is 3.87. The number of hydrogen-bond donors (Lipinski definition) is 3. The molecule has 0 spiro atoms. The number of rotatable bonds is 6. The number of fused-ring (bicyclic) bond motifs is 1. The van der Waals surface area contributed by atoms with Crippen LogP contribution in [0.3, 0.4) is 0 Å². The molecule has 2 unspecified atom stereocenters. The molecule has 0 bridgehead atoms. The van der Waals surface area contributed by atoms with Gasteiger partial charge < -0.3 is 15.5 Å². The SMILES string of the molecule is C=C1CCC2[C@@H](CO)C([C@@]3(C)CC[C@H](O)C[C@@H]3CNCc3cccnc3)CC[C@@]12C. The monoisotopic (exact) mass is 412 g/mol. The molecule has 4 heteroatoms. The van der Waals surface area contributed by atoms with Gasteiger partial charge in [-0.2, -0.15) is 0 Å². The van der Waals surface area contributed by atoms with Crippen LogP contribution in [0.15, 0.2) is 36.7 Å². The maximum Gasteiger partial charge on any atom is 0.0543 e. The summed E-state index contributed by atoms with van der Waals surface area (Å²) in [5, 5.41) is 24.6. The first kappa shape index (κ1) is 22.0. The van der Waals surface area contributed by atoms with Crippen LogP contribution in [0.2, 0.25) is 0 Å². The standard InChI is InChI=1S/C26H40N2O2/c1-18-6-7-23-22(17-29)24(9-11-25(18,23)2)26(3)10-8-21(30)13-20(26)16-28-15-19-5-4-12-27-14-19/h4-5,12,14,20-24,28-30H,1,6-11,13,15-17H2,2-3H3/t20-,21+,22-,23?,24?,25+,26+/m1/s1. The fourth-order valence-corrected chi connectivity index (χ4v) is 7.36. The van der Waals surface area contributed by atoms with E-state index in [4.69, 9.17) is 0 Å². The van der Waals surface area contributed by atoms with Crippen LogP contribution < -0.4 is 5.32 Å². The molecule has 3 saturated carbocycles. The Morgan fingerprint density at radius 3 is 2.77 bits per heavy atom. The van der Waals surface area contributed by atoms with Crippen molar-refractivity contribution in [3.8, 4) is 0 Å². The lowest BCUT2D eigenvalue weighted by Gasteiger charge is -2.56. The van der Waals surface area contributed by atoms with Gasteiger partial charge in [-0.1, -0.05) is 32.1 Å². The van der Waals surface area contributed by atoms with Crippen molar-refractivity contribution in [3.63, 3.8) is 0 Å². The lowest BCUT2D eigenvalue weighted by molar-refractivity contribution is -0.0930. The fourth-order valence-electron chi connectivity index (χ4n) is 7.36. The van der Waals surface area contributed by atoms with E-state index >= 15 is 0 Å². The Morgan fingerprint density at radius 1 is 1.20 bits per heavy atom. The predicted molar refractivity (Wildman–Crippen MR) is 121 cm³/mol. The molecule has 1 aromatic rings. The van der Waals surface area contributed by atoms with Crippen LogP contribution >= 0.6 is 0 Å². The molecular formula is C26H40N2O2. The molecule has 4 nitrogen and oxygen atoms in total. The molecule has 3 aliphatic carbocycles. The molecule has 166 valence electrons. The molecular weight excluding hydrogens is 372 g/mol. The topological polar surface area (TPSA) is 65.4 Å². The molecule has 4 rings (SSSR count). The summed E-state index contributed by atoms with van der Waals surface area (Å²) in [6.45, 7) is 11.2. The van der Waals surface area contributed by atoms with Crippen molar-refractivity contribution in [1.29, 1.82) is 0 Å². The van der Waals surface area contributed by atoms with E-state index in [0.717, 1.165) is 38.8 Å². The van der Waals surface area contributed by atoms with Crippen LogP contribution in [0.25, 0.3) is 0 Å². The molecule has 1 heterocycles. The van der Waals surface area contributed by atoms with Gasteiger partial charge in [-0.25, -0.2) is 0 Å². The molecule has 0 saturated heterocycles. The number of hydrogen-bond acceptors (Lipinski definition) is 4. The minimum Gasteiger partial charge on any atom is -0.396 e. The number of aromatic nitrogens is 1. The third-order valence-corrected chi connectivity index (χ3v) is 9.40. The Labute approximate surface area is 182 Å². The highest BCUT2D eigenvalue weighted by Crippen LogP contribution is 2.63. The van der Waals surface area contributed by atoms with Crippen molar-refractivity contribution in [1.82, 2.24) is 10.3 Å². The minimum absolute atomic E-state index is 0.153. The Bertz CT molecular complexity index is 738. The van der Waals surface area contributed by atoms with Crippen molar-refractivity contribution in [2.75, 3.05) is 13.2 Å². The van der Waals surface area contributed by atoms with Gasteiger partial charge in [0.2, 0.25) is 0 Å². The lowest BCUT2D eigenvalue weighted by Crippen LogP contribution is -2.53. The van der Waals surface area contributed by atoms with Crippen molar-refractivity contribution in [3.05, 3.63) is 42.2 Å². The van der Waals surface area contributed by atoms with Gasteiger partial charge in [0.1, 0.15) is 0 Å². The number of nitrogens with zero attached hydrogens (tertiary/aromatic N) is 1. The quantitative estimate of drug-likeness (QED) is 0.609. The van der Waals surface area contributed by atoms with E-state index in [2.05, 4.69) is 36.8 Å². The van der Waals surface area contributed by atoms with Crippen LogP contribution in [-0.2, 0) is 6.54 Å². The first-order chi connectivity index (χ1) is 14.4. The molecule has 7 atom stereocenters. The minimum atomic E-state index is -0.198. The number of aliphatic hydroxyl groups is 2. The summed E-state index contributed by atoms with van der Waals surface area (Å²) in [4.78, 5) is 4.21. The molecule has 3 aliphatic rings. The predicted octanol–water partition coefficient (Wildman–Crippen LogP) is 4.33. The Morgan fingerprint density at radius 2 is 2.03 bits per heavy atom. The summed E-state index contributed by atoms with van der Waals surface area (Å²) < 4.78 is 0. The van der Waals surface area contributed by atoms with Gasteiger partial charge >= 0.3 is 0 Å². The van der Waals surface area contributed by atoms with Crippen LogP contribution in [-0.4, -0.2) is 34.5 Å². The second-order valence-electron chi connectivity index (χ2n) is 10.8. The van der Waals surface area contributed by atoms with Crippen molar-refractivity contribution in [2.45, 2.75) is 71.4 Å². The summed E-state index contributed by atoms with van der Waals surface area (Å²) in [6.07, 6.45) is 11.0. The van der Waals surface area contributed by atoms with E-state index in [1.54, 1.807) is 0 Å². The summed E-state index contributed by atoms with van der Waals surface area (Å²) in [6, 6.07) is 4.08. The lowest BCUT2D eigenvalue weighted by atomic mass is 9.49. The normalized spacial score (nSPS) is 41.6. The van der Waals surface area contributed by atoms with Crippen LogP contribution in [0.1, 0.15) is 64.4 Å². The van der Waals surface area contributed by atoms with Gasteiger partial charge in [-0.15, -0.1) is 0 Å². The van der Waals surface area contributed by atoms with Gasteiger partial charge in [0, 0.05) is 25.5 Å². The summed E-state index contributed by atoms with van der Waals surface area (Å²) in [7, 11) is 0. The Kier molecular flexibility index (Phi) is 6.39. The summed E-state index contributed by atoms with van der Waals surface area (Å²) in [5.41, 5.74) is 2.97. The van der Waals surface area contributed by atoms with Crippen molar-refractivity contribution < 1.29 is 10.2 Å². The van der Waals surface area contributed by atoms with Crippen molar-refractivity contribution >= 4 is 0 Å². The Hall–Kier alpha value is -1.23. The van der Waals surface area contributed by atoms with Gasteiger partial charge in [0.05, 0.1) is 6.10 Å². The first-order valence-corrected chi connectivity index (χ1v) is 12.0. The van der Waals surface area contributed by atoms with E-state index in [0.29, 0.717) is 23.7 Å². The molecule has 30 heavy (non-hydrogen) atoms. The zero-order chi connectivity index (χ0) is 21.4. The van der Waals surface area contributed by atoms with Gasteiger partial charge in [0.15, 0.2) is 0 Å². The molecule has 0 amide bonds. The van der Waals surface area contributed by atoms with Gasteiger partial charge in [-0.05, 0) is 97.6 Å².